The van der Waals surface area contributed by atoms with E-state index in [0.29, 0.717) is 33.7 Å². The zero-order valence-electron chi connectivity index (χ0n) is 16.0. The molecule has 4 heterocycles. The molecule has 4 aromatic heterocycles. The van der Waals surface area contributed by atoms with Gasteiger partial charge in [0.1, 0.15) is 16.5 Å². The van der Waals surface area contributed by atoms with Gasteiger partial charge in [-0.2, -0.15) is 4.98 Å². The van der Waals surface area contributed by atoms with Gasteiger partial charge in [-0.3, -0.25) is 9.36 Å². The lowest BCUT2D eigenvalue weighted by Gasteiger charge is -2.17. The van der Waals surface area contributed by atoms with E-state index in [9.17, 15) is 4.79 Å². The first-order chi connectivity index (χ1) is 14.4. The first-order valence-corrected chi connectivity index (χ1v) is 9.66. The molecule has 0 aliphatic carbocycles. The predicted octanol–water partition coefficient (Wildman–Crippen LogP) is 3.74. The first-order valence-electron chi connectivity index (χ1n) is 8.90. The van der Waals surface area contributed by atoms with Crippen LogP contribution in [-0.4, -0.2) is 29.5 Å². The predicted molar refractivity (Wildman–Crippen MR) is 116 cm³/mol. The molecule has 0 saturated carbocycles. The van der Waals surface area contributed by atoms with Crippen LogP contribution in [0.15, 0.2) is 47.8 Å². The third-order valence-electron chi connectivity index (χ3n) is 4.40. The van der Waals surface area contributed by atoms with Crippen molar-refractivity contribution in [3.05, 3.63) is 69.5 Å². The fourth-order valence-electron chi connectivity index (χ4n) is 2.92. The molecule has 1 atom stereocenters. The minimum atomic E-state index is -0.228. The van der Waals surface area contributed by atoms with Crippen molar-refractivity contribution in [3.63, 3.8) is 0 Å². The van der Waals surface area contributed by atoms with Crippen molar-refractivity contribution in [2.24, 2.45) is 7.05 Å². The summed E-state index contributed by atoms with van der Waals surface area (Å²) in [7, 11) is 1.67. The van der Waals surface area contributed by atoms with Gasteiger partial charge in [0.2, 0.25) is 5.28 Å². The minimum Gasteiger partial charge on any atom is -0.375 e. The van der Waals surface area contributed by atoms with Crippen LogP contribution in [0, 0.1) is 0 Å². The number of nitrogens with one attached hydrogen (secondary N) is 2. The molecule has 30 heavy (non-hydrogen) atoms. The maximum absolute atomic E-state index is 12.4. The fraction of sp³-hybridized carbons (Fsp3) is 0.158. The van der Waals surface area contributed by atoms with Crippen LogP contribution in [0.5, 0.6) is 0 Å². The van der Waals surface area contributed by atoms with E-state index in [2.05, 4.69) is 35.6 Å². The summed E-state index contributed by atoms with van der Waals surface area (Å²) in [6.45, 7) is 1.91. The maximum atomic E-state index is 12.4. The van der Waals surface area contributed by atoms with Crippen LogP contribution in [0.25, 0.3) is 11.0 Å². The Kier molecular flexibility index (Phi) is 5.47. The van der Waals surface area contributed by atoms with Crippen molar-refractivity contribution in [1.29, 1.82) is 0 Å². The number of anilines is 3. The summed E-state index contributed by atoms with van der Waals surface area (Å²) in [5, 5.41) is 7.49. The maximum Gasteiger partial charge on any atom is 0.253 e. The van der Waals surface area contributed by atoms with Crippen molar-refractivity contribution in [1.82, 2.24) is 29.5 Å². The molecule has 0 aromatic carbocycles. The smallest absolute Gasteiger partial charge is 0.253 e. The second kappa shape index (κ2) is 8.21. The van der Waals surface area contributed by atoms with Gasteiger partial charge in [0.25, 0.3) is 5.56 Å². The number of nitrogens with zero attached hydrogens (tertiary/aromatic N) is 6. The quantitative estimate of drug-likeness (QED) is 0.449. The highest BCUT2D eigenvalue weighted by molar-refractivity contribution is 6.33. The van der Waals surface area contributed by atoms with Crippen molar-refractivity contribution in [2.45, 2.75) is 13.0 Å². The molecular weight excluding hydrogens is 427 g/mol. The molecule has 4 rings (SSSR count). The number of halogens is 2. The van der Waals surface area contributed by atoms with E-state index in [4.69, 9.17) is 23.2 Å². The highest BCUT2D eigenvalue weighted by Crippen LogP contribution is 2.28. The van der Waals surface area contributed by atoms with E-state index in [1.54, 1.807) is 31.7 Å². The molecule has 0 bridgehead atoms. The summed E-state index contributed by atoms with van der Waals surface area (Å²) in [5.41, 5.74) is 1.55. The van der Waals surface area contributed by atoms with Crippen molar-refractivity contribution in [3.8, 4) is 0 Å². The summed E-state index contributed by atoms with van der Waals surface area (Å²) in [6.07, 6.45) is 6.33. The number of rotatable bonds is 5. The standard InChI is InChI=1S/C19H16Cl2N8O/c1-10(16-22-4-3-5-23-16)26-14-7-15(30)29(2)18-12(14)6-11(8-24-18)27-17-13(20)9-25-19(21)28-17/h3-10,26H,1-2H3,(H,25,27,28). The van der Waals surface area contributed by atoms with Gasteiger partial charge in [-0.15, -0.1) is 0 Å². The number of hydrogen-bond donors (Lipinski definition) is 2. The molecule has 4 aromatic rings. The topological polar surface area (TPSA) is 111 Å². The summed E-state index contributed by atoms with van der Waals surface area (Å²) >= 11 is 12.0. The lowest BCUT2D eigenvalue weighted by Crippen LogP contribution is -2.19. The molecule has 0 aliphatic heterocycles. The lowest BCUT2D eigenvalue weighted by molar-refractivity contribution is 0.787. The highest BCUT2D eigenvalue weighted by Gasteiger charge is 2.14. The van der Waals surface area contributed by atoms with E-state index in [1.807, 2.05) is 13.0 Å². The summed E-state index contributed by atoms with van der Waals surface area (Å²) in [6, 6.07) is 4.88. The Hall–Kier alpha value is -3.30. The van der Waals surface area contributed by atoms with E-state index in [0.717, 1.165) is 5.39 Å². The van der Waals surface area contributed by atoms with E-state index in [1.165, 1.54) is 16.8 Å². The number of aryl methyl sites for hydroxylation is 1. The van der Waals surface area contributed by atoms with Crippen LogP contribution in [0.4, 0.5) is 17.2 Å². The molecule has 11 heteroatoms. The molecule has 9 nitrogen and oxygen atoms in total. The van der Waals surface area contributed by atoms with Crippen molar-refractivity contribution >= 4 is 51.4 Å². The van der Waals surface area contributed by atoms with E-state index < -0.39 is 0 Å². The minimum absolute atomic E-state index is 0.0667. The second-order valence-corrected chi connectivity index (χ2v) is 7.23. The Morgan fingerprint density at radius 2 is 1.83 bits per heavy atom. The number of hydrogen-bond acceptors (Lipinski definition) is 8. The zero-order valence-corrected chi connectivity index (χ0v) is 17.5. The Labute approximate surface area is 181 Å². The van der Waals surface area contributed by atoms with Crippen LogP contribution in [-0.2, 0) is 7.05 Å². The number of pyridine rings is 2. The summed E-state index contributed by atoms with van der Waals surface area (Å²) in [4.78, 5) is 33.3. The third kappa shape index (κ3) is 4.03. The zero-order chi connectivity index (χ0) is 21.3. The lowest BCUT2D eigenvalue weighted by atomic mass is 10.2. The first kappa shape index (κ1) is 20.0. The van der Waals surface area contributed by atoms with Crippen LogP contribution in [0.1, 0.15) is 18.8 Å². The van der Waals surface area contributed by atoms with Gasteiger partial charge in [0, 0.05) is 30.9 Å². The van der Waals surface area contributed by atoms with Gasteiger partial charge in [-0.25, -0.2) is 19.9 Å². The average molecular weight is 443 g/mol. The van der Waals surface area contributed by atoms with Gasteiger partial charge in [0.05, 0.1) is 29.8 Å². The molecule has 0 amide bonds. The summed E-state index contributed by atoms with van der Waals surface area (Å²) in [5.74, 6) is 0.958. The monoisotopic (exact) mass is 442 g/mol. The Morgan fingerprint density at radius 1 is 1.07 bits per heavy atom. The molecule has 0 fully saturated rings. The molecule has 0 radical (unpaired) electrons. The van der Waals surface area contributed by atoms with Crippen LogP contribution in [0.2, 0.25) is 10.3 Å². The van der Waals surface area contributed by atoms with Gasteiger partial charge < -0.3 is 10.6 Å². The Bertz CT molecular complexity index is 1280. The second-order valence-electron chi connectivity index (χ2n) is 6.48. The number of fused-ring (bicyclic) bond motifs is 1. The average Bonchev–Trinajstić information content (AvgIpc) is 2.75. The van der Waals surface area contributed by atoms with Gasteiger partial charge in [-0.05, 0) is 30.7 Å². The molecule has 1 unspecified atom stereocenters. The summed E-state index contributed by atoms with van der Waals surface area (Å²) < 4.78 is 1.47. The molecule has 152 valence electrons. The van der Waals surface area contributed by atoms with Gasteiger partial charge >= 0.3 is 0 Å². The Balaban J connectivity index is 1.76. The SMILES string of the molecule is CC(Nc1cc(=O)n(C)c2ncc(Nc3nc(Cl)ncc3Cl)cc12)c1ncccn1. The van der Waals surface area contributed by atoms with E-state index in [-0.39, 0.29) is 16.9 Å². The third-order valence-corrected chi connectivity index (χ3v) is 4.85. The van der Waals surface area contributed by atoms with E-state index >= 15 is 0 Å². The normalized spacial score (nSPS) is 12.0. The molecule has 0 spiro atoms. The van der Waals surface area contributed by atoms with Crippen molar-refractivity contribution < 1.29 is 0 Å². The van der Waals surface area contributed by atoms with Gasteiger partial charge in [-0.1, -0.05) is 11.6 Å². The Morgan fingerprint density at radius 3 is 2.60 bits per heavy atom. The van der Waals surface area contributed by atoms with Crippen LogP contribution >= 0.6 is 23.2 Å². The number of aromatic nitrogens is 6. The highest BCUT2D eigenvalue weighted by atomic mass is 35.5. The van der Waals surface area contributed by atoms with Crippen molar-refractivity contribution in [2.75, 3.05) is 10.6 Å². The molecule has 2 N–H and O–H groups in total. The molecular formula is C19H16Cl2N8O. The largest absolute Gasteiger partial charge is 0.375 e. The molecule has 0 saturated heterocycles. The van der Waals surface area contributed by atoms with Crippen LogP contribution < -0.4 is 16.2 Å². The fourth-order valence-corrected chi connectivity index (χ4v) is 3.19. The molecule has 0 aliphatic rings. The van der Waals surface area contributed by atoms with Crippen LogP contribution in [0.3, 0.4) is 0 Å². The van der Waals surface area contributed by atoms with Gasteiger partial charge in [0.15, 0.2) is 5.82 Å².